The first kappa shape index (κ1) is 22.3. The van der Waals surface area contributed by atoms with E-state index in [1.54, 1.807) is 24.3 Å². The Hall–Kier alpha value is -3.88. The highest BCUT2D eigenvalue weighted by Gasteiger charge is 2.28. The third-order valence-corrected chi connectivity index (χ3v) is 6.02. The van der Waals surface area contributed by atoms with E-state index in [0.29, 0.717) is 34.9 Å². The lowest BCUT2D eigenvalue weighted by molar-refractivity contribution is -0.107. The first-order chi connectivity index (χ1) is 15.9. The number of aromatic nitrogens is 2. The van der Waals surface area contributed by atoms with Crippen molar-refractivity contribution in [3.8, 4) is 17.0 Å². The Morgan fingerprint density at radius 3 is 2.58 bits per heavy atom. The van der Waals surface area contributed by atoms with Crippen LogP contribution in [-0.4, -0.2) is 34.3 Å². The van der Waals surface area contributed by atoms with Gasteiger partial charge in [0.1, 0.15) is 23.1 Å². The summed E-state index contributed by atoms with van der Waals surface area (Å²) in [5, 5.41) is 9.74. The second-order valence-electron chi connectivity index (χ2n) is 8.07. The zero-order valence-electron chi connectivity index (χ0n) is 18.2. The van der Waals surface area contributed by atoms with Gasteiger partial charge in [0, 0.05) is 17.5 Å². The molecule has 3 N–H and O–H groups in total. The predicted molar refractivity (Wildman–Crippen MR) is 121 cm³/mol. The van der Waals surface area contributed by atoms with Crippen LogP contribution in [0.25, 0.3) is 11.3 Å². The van der Waals surface area contributed by atoms with Crippen LogP contribution in [0.4, 0.5) is 10.1 Å². The average molecular weight is 452 g/mol. The maximum atomic E-state index is 13.7. The zero-order chi connectivity index (χ0) is 23.5. The number of aromatic carboxylic acids is 1. The number of anilines is 1. The van der Waals surface area contributed by atoms with E-state index in [0.717, 1.165) is 31.2 Å². The summed E-state index contributed by atoms with van der Waals surface area (Å²) in [4.78, 5) is 29.6. The summed E-state index contributed by atoms with van der Waals surface area (Å²) in [5.74, 6) is 5.63. The number of hydrogen-bond donors (Lipinski definition) is 2. The smallest absolute Gasteiger partial charge is 0.356 e. The number of ether oxygens (including phenoxy) is 1. The number of halogens is 1. The Labute approximate surface area is 190 Å². The van der Waals surface area contributed by atoms with Crippen molar-refractivity contribution < 1.29 is 23.8 Å². The summed E-state index contributed by atoms with van der Waals surface area (Å²) >= 11 is 0. The zero-order valence-corrected chi connectivity index (χ0v) is 18.2. The summed E-state index contributed by atoms with van der Waals surface area (Å²) in [6.07, 6.45) is 4.64. The van der Waals surface area contributed by atoms with Crippen molar-refractivity contribution in [2.75, 3.05) is 17.9 Å². The second kappa shape index (κ2) is 9.32. The quantitative estimate of drug-likeness (QED) is 0.396. The van der Waals surface area contributed by atoms with Gasteiger partial charge < -0.3 is 20.6 Å². The molecule has 1 amide bonds. The molecule has 0 aliphatic heterocycles. The molecule has 0 bridgehead atoms. The standard InChI is InChI=1S/C24H25FN4O4/c1-33-20-11-10-18(25)12-19(20)28(14-30)13-15-6-8-16(9-7-15)21-22(24(31)32)29(26)23(27-21)17-4-2-3-5-17/h6-12,14,17H,2-5,13,26H2,1H3,(H,31,32). The molecule has 1 aliphatic rings. The first-order valence-corrected chi connectivity index (χ1v) is 10.7. The Bertz CT molecular complexity index is 1170. The molecule has 2 aromatic carbocycles. The van der Waals surface area contributed by atoms with E-state index < -0.39 is 11.8 Å². The van der Waals surface area contributed by atoms with Crippen molar-refractivity contribution in [2.45, 2.75) is 38.1 Å². The molecule has 0 unspecified atom stereocenters. The van der Waals surface area contributed by atoms with E-state index in [2.05, 4.69) is 4.98 Å². The molecule has 0 radical (unpaired) electrons. The third-order valence-electron chi connectivity index (χ3n) is 6.02. The molecule has 172 valence electrons. The molecular weight excluding hydrogens is 427 g/mol. The van der Waals surface area contributed by atoms with Crippen molar-refractivity contribution in [3.05, 3.63) is 65.4 Å². The van der Waals surface area contributed by atoms with E-state index in [1.165, 1.54) is 34.9 Å². The molecule has 33 heavy (non-hydrogen) atoms. The number of imidazole rings is 1. The molecule has 9 heteroatoms. The van der Waals surface area contributed by atoms with Gasteiger partial charge >= 0.3 is 5.97 Å². The highest BCUT2D eigenvalue weighted by molar-refractivity contribution is 5.93. The Morgan fingerprint density at radius 1 is 1.27 bits per heavy atom. The van der Waals surface area contributed by atoms with Gasteiger partial charge in [-0.1, -0.05) is 37.1 Å². The van der Waals surface area contributed by atoms with Crippen LogP contribution >= 0.6 is 0 Å². The minimum absolute atomic E-state index is 0.0522. The van der Waals surface area contributed by atoms with E-state index in [-0.39, 0.29) is 18.2 Å². The Kier molecular flexibility index (Phi) is 6.30. The topological polar surface area (TPSA) is 111 Å². The van der Waals surface area contributed by atoms with Gasteiger partial charge in [-0.2, -0.15) is 0 Å². The number of carboxylic acid groups (broad SMARTS) is 1. The number of carbonyl (C=O) groups excluding carboxylic acids is 1. The van der Waals surface area contributed by atoms with Crippen LogP contribution in [0.5, 0.6) is 5.75 Å². The van der Waals surface area contributed by atoms with Crippen LogP contribution in [0.1, 0.15) is 53.5 Å². The second-order valence-corrected chi connectivity index (χ2v) is 8.07. The minimum atomic E-state index is -1.14. The number of benzene rings is 2. The van der Waals surface area contributed by atoms with Gasteiger partial charge in [-0.15, -0.1) is 0 Å². The lowest BCUT2D eigenvalue weighted by Gasteiger charge is -2.20. The normalized spacial score (nSPS) is 13.8. The number of amides is 1. The van der Waals surface area contributed by atoms with Crippen LogP contribution < -0.4 is 15.5 Å². The number of carboxylic acids is 1. The van der Waals surface area contributed by atoms with Crippen molar-refractivity contribution in [3.63, 3.8) is 0 Å². The molecule has 3 aromatic rings. The van der Waals surface area contributed by atoms with E-state index in [1.807, 2.05) is 0 Å². The fourth-order valence-electron chi connectivity index (χ4n) is 4.36. The monoisotopic (exact) mass is 452 g/mol. The number of methoxy groups -OCH3 is 1. The van der Waals surface area contributed by atoms with Gasteiger partial charge in [-0.25, -0.2) is 18.8 Å². The molecule has 8 nitrogen and oxygen atoms in total. The van der Waals surface area contributed by atoms with Crippen molar-refractivity contribution in [1.29, 1.82) is 0 Å². The molecule has 4 rings (SSSR count). The van der Waals surface area contributed by atoms with Crippen LogP contribution in [0.3, 0.4) is 0 Å². The maximum Gasteiger partial charge on any atom is 0.356 e. The first-order valence-electron chi connectivity index (χ1n) is 10.7. The van der Waals surface area contributed by atoms with Crippen LogP contribution in [-0.2, 0) is 11.3 Å². The van der Waals surface area contributed by atoms with Crippen LogP contribution in [0, 0.1) is 5.82 Å². The van der Waals surface area contributed by atoms with Gasteiger partial charge in [0.2, 0.25) is 6.41 Å². The van der Waals surface area contributed by atoms with E-state index in [9.17, 15) is 19.1 Å². The highest BCUT2D eigenvalue weighted by Crippen LogP contribution is 2.36. The highest BCUT2D eigenvalue weighted by atomic mass is 19.1. The number of nitrogens with two attached hydrogens (primary N) is 1. The van der Waals surface area contributed by atoms with Crippen molar-refractivity contribution in [1.82, 2.24) is 9.66 Å². The molecular formula is C24H25FN4O4. The SMILES string of the molecule is COc1ccc(F)cc1N(C=O)Cc1ccc(-c2nc(C3CCCC3)n(N)c2C(=O)O)cc1. The van der Waals surface area contributed by atoms with E-state index >= 15 is 0 Å². The largest absolute Gasteiger partial charge is 0.495 e. The van der Waals surface area contributed by atoms with Gasteiger partial charge in [0.15, 0.2) is 5.69 Å². The van der Waals surface area contributed by atoms with Gasteiger partial charge in [-0.05, 0) is 30.5 Å². The molecule has 1 aromatic heterocycles. The number of nitrogens with zero attached hydrogens (tertiary/aromatic N) is 3. The van der Waals surface area contributed by atoms with Crippen molar-refractivity contribution >= 4 is 18.1 Å². The van der Waals surface area contributed by atoms with E-state index in [4.69, 9.17) is 10.6 Å². The van der Waals surface area contributed by atoms with Gasteiger partial charge in [0.25, 0.3) is 0 Å². The van der Waals surface area contributed by atoms with Crippen LogP contribution in [0.15, 0.2) is 42.5 Å². The lowest BCUT2D eigenvalue weighted by Crippen LogP contribution is -2.21. The third kappa shape index (κ3) is 4.39. The summed E-state index contributed by atoms with van der Waals surface area (Å²) in [7, 11) is 1.45. The molecule has 1 saturated carbocycles. The fourth-order valence-corrected chi connectivity index (χ4v) is 4.36. The number of rotatable bonds is 8. The Balaban J connectivity index is 1.62. The molecule has 0 spiro atoms. The fraction of sp³-hybridized carbons (Fsp3) is 0.292. The van der Waals surface area contributed by atoms with Crippen LogP contribution in [0.2, 0.25) is 0 Å². The lowest BCUT2D eigenvalue weighted by atomic mass is 10.1. The number of carbonyl (C=O) groups is 2. The molecule has 1 aliphatic carbocycles. The maximum absolute atomic E-state index is 13.7. The predicted octanol–water partition coefficient (Wildman–Crippen LogP) is 3.93. The van der Waals surface area contributed by atoms with Gasteiger partial charge in [-0.3, -0.25) is 4.79 Å². The van der Waals surface area contributed by atoms with Crippen molar-refractivity contribution in [2.24, 2.45) is 0 Å². The minimum Gasteiger partial charge on any atom is -0.495 e. The summed E-state index contributed by atoms with van der Waals surface area (Å²) in [5.41, 5.74) is 1.95. The summed E-state index contributed by atoms with van der Waals surface area (Å²) in [6.45, 7) is 0.175. The Morgan fingerprint density at radius 2 is 1.97 bits per heavy atom. The number of nitrogen functional groups attached to an aromatic ring is 1. The molecule has 1 heterocycles. The summed E-state index contributed by atoms with van der Waals surface area (Å²) < 4.78 is 20.2. The number of hydrogen-bond acceptors (Lipinski definition) is 5. The summed E-state index contributed by atoms with van der Waals surface area (Å²) in [6, 6.07) is 11.0. The average Bonchev–Trinajstić information content (AvgIpc) is 3.45. The molecule has 0 atom stereocenters. The molecule has 0 saturated heterocycles. The van der Waals surface area contributed by atoms with Gasteiger partial charge in [0.05, 0.1) is 19.3 Å². The molecule has 1 fully saturated rings.